The van der Waals surface area contributed by atoms with Crippen molar-refractivity contribution in [2.45, 2.75) is 24.3 Å². The number of aromatic nitrogens is 2. The molecule has 0 spiro atoms. The zero-order valence-corrected chi connectivity index (χ0v) is 14.8. The lowest BCUT2D eigenvalue weighted by atomic mass is 10.1. The van der Waals surface area contributed by atoms with E-state index in [0.29, 0.717) is 13.1 Å². The number of benzene rings is 1. The van der Waals surface area contributed by atoms with E-state index in [9.17, 15) is 9.59 Å². The summed E-state index contributed by atoms with van der Waals surface area (Å²) in [7, 11) is 1.93. The highest BCUT2D eigenvalue weighted by Crippen LogP contribution is 2.28. The molecule has 6 nitrogen and oxygen atoms in total. The molecule has 24 heavy (non-hydrogen) atoms. The van der Waals surface area contributed by atoms with Crippen LogP contribution in [-0.4, -0.2) is 44.7 Å². The number of imide groups is 1. The van der Waals surface area contributed by atoms with Crippen molar-refractivity contribution in [3.05, 3.63) is 36.0 Å². The molecule has 1 atom stereocenters. The molecule has 1 aromatic carbocycles. The first kappa shape index (κ1) is 16.6. The van der Waals surface area contributed by atoms with Crippen LogP contribution in [0.2, 0.25) is 0 Å². The number of carbonyl (C=O) groups is 2. The number of amides is 3. The number of urea groups is 1. The van der Waals surface area contributed by atoms with E-state index in [-0.39, 0.29) is 17.2 Å². The van der Waals surface area contributed by atoms with Gasteiger partial charge in [-0.05, 0) is 19.4 Å². The van der Waals surface area contributed by atoms with Gasteiger partial charge in [0.25, 0.3) is 0 Å². The molecular formula is C17H20N4O2S. The maximum atomic E-state index is 12.4. The molecule has 1 fully saturated rings. The minimum atomic E-state index is -0.374. The van der Waals surface area contributed by atoms with Crippen molar-refractivity contribution in [1.82, 2.24) is 19.8 Å². The fourth-order valence-electron chi connectivity index (χ4n) is 2.60. The number of nitrogens with zero attached hydrogens (tertiary/aromatic N) is 3. The molecule has 1 aromatic heterocycles. The maximum Gasteiger partial charge on any atom is 0.324 e. The van der Waals surface area contributed by atoms with Crippen molar-refractivity contribution in [1.29, 1.82) is 0 Å². The maximum absolute atomic E-state index is 12.4. The summed E-state index contributed by atoms with van der Waals surface area (Å²) in [5, 5.41) is 3.03. The third-order valence-electron chi connectivity index (χ3n) is 4.05. The van der Waals surface area contributed by atoms with Gasteiger partial charge in [-0.2, -0.15) is 0 Å². The summed E-state index contributed by atoms with van der Waals surface area (Å²) < 4.78 is 1.98. The van der Waals surface area contributed by atoms with E-state index in [2.05, 4.69) is 41.5 Å². The normalized spacial score (nSPS) is 15.5. The fraction of sp³-hybridized carbons (Fsp3) is 0.353. The summed E-state index contributed by atoms with van der Waals surface area (Å²) >= 11 is 1.37. The molecule has 2 heterocycles. The Bertz CT molecular complexity index is 769. The van der Waals surface area contributed by atoms with Crippen molar-refractivity contribution >= 4 is 23.7 Å². The standard InChI is InChI=1S/C17H20N4O2S/c1-11-4-6-13(7-5-11)14-10-19-17(20(14)3)24-12(2)15(22)21-9-8-18-16(21)23/h4-7,10,12H,8-9H2,1-3H3,(H,18,23)/t12-/m1/s1. The van der Waals surface area contributed by atoms with Gasteiger partial charge in [0, 0.05) is 20.1 Å². The minimum absolute atomic E-state index is 0.185. The van der Waals surface area contributed by atoms with Gasteiger partial charge in [-0.1, -0.05) is 41.6 Å². The number of hydrogen-bond donors (Lipinski definition) is 1. The van der Waals surface area contributed by atoms with Gasteiger partial charge in [-0.3, -0.25) is 9.69 Å². The zero-order chi connectivity index (χ0) is 17.3. The van der Waals surface area contributed by atoms with E-state index in [1.54, 1.807) is 6.92 Å². The molecule has 7 heteroatoms. The number of aryl methyl sites for hydroxylation is 1. The van der Waals surface area contributed by atoms with Gasteiger partial charge in [-0.15, -0.1) is 0 Å². The van der Waals surface area contributed by atoms with E-state index in [4.69, 9.17) is 0 Å². The summed E-state index contributed by atoms with van der Waals surface area (Å²) in [5.41, 5.74) is 3.29. The topological polar surface area (TPSA) is 67.2 Å². The average molecular weight is 344 g/mol. The molecule has 1 aliphatic heterocycles. The van der Waals surface area contributed by atoms with E-state index >= 15 is 0 Å². The van der Waals surface area contributed by atoms with Gasteiger partial charge in [0.1, 0.15) is 0 Å². The lowest BCUT2D eigenvalue weighted by Gasteiger charge is -2.17. The molecule has 0 radical (unpaired) electrons. The highest BCUT2D eigenvalue weighted by atomic mass is 32.2. The van der Waals surface area contributed by atoms with E-state index in [0.717, 1.165) is 16.4 Å². The van der Waals surface area contributed by atoms with Crippen LogP contribution in [0, 0.1) is 6.92 Å². The van der Waals surface area contributed by atoms with Crippen LogP contribution in [0.4, 0.5) is 4.79 Å². The van der Waals surface area contributed by atoms with Crippen LogP contribution in [0.15, 0.2) is 35.6 Å². The summed E-state index contributed by atoms with van der Waals surface area (Å²) in [5.74, 6) is -0.185. The predicted molar refractivity (Wildman–Crippen MR) is 93.8 cm³/mol. The molecule has 0 bridgehead atoms. The molecule has 1 aliphatic rings. The lowest BCUT2D eigenvalue weighted by molar-refractivity contribution is -0.126. The molecular weight excluding hydrogens is 324 g/mol. The Morgan fingerprint density at radius 3 is 2.67 bits per heavy atom. The Balaban J connectivity index is 1.75. The molecule has 3 amide bonds. The average Bonchev–Trinajstić information content (AvgIpc) is 3.14. The van der Waals surface area contributed by atoms with Crippen LogP contribution in [0.1, 0.15) is 12.5 Å². The monoisotopic (exact) mass is 344 g/mol. The van der Waals surface area contributed by atoms with Crippen molar-refractivity contribution < 1.29 is 9.59 Å². The van der Waals surface area contributed by atoms with Gasteiger partial charge < -0.3 is 9.88 Å². The second-order valence-electron chi connectivity index (χ2n) is 5.83. The molecule has 0 aliphatic carbocycles. The van der Waals surface area contributed by atoms with Crippen LogP contribution in [0.3, 0.4) is 0 Å². The lowest BCUT2D eigenvalue weighted by Crippen LogP contribution is -2.39. The first-order valence-corrected chi connectivity index (χ1v) is 8.70. The Hall–Kier alpha value is -2.28. The number of rotatable bonds is 4. The largest absolute Gasteiger partial charge is 0.336 e. The molecule has 1 N–H and O–H groups in total. The Kier molecular flexibility index (Phi) is 4.62. The molecule has 0 unspecified atom stereocenters. The molecule has 126 valence electrons. The second kappa shape index (κ2) is 6.68. The summed E-state index contributed by atoms with van der Waals surface area (Å²) in [6, 6.07) is 7.93. The number of hydrogen-bond acceptors (Lipinski definition) is 4. The van der Waals surface area contributed by atoms with Crippen molar-refractivity contribution in [3.63, 3.8) is 0 Å². The predicted octanol–water partition coefficient (Wildman–Crippen LogP) is 2.43. The molecule has 3 rings (SSSR count). The van der Waals surface area contributed by atoms with Crippen LogP contribution in [-0.2, 0) is 11.8 Å². The van der Waals surface area contributed by atoms with E-state index in [1.807, 2.05) is 17.8 Å². The molecule has 0 saturated carbocycles. The quantitative estimate of drug-likeness (QED) is 0.865. The van der Waals surface area contributed by atoms with Crippen LogP contribution < -0.4 is 5.32 Å². The number of carbonyl (C=O) groups excluding carboxylic acids is 2. The molecule has 2 aromatic rings. The third kappa shape index (κ3) is 3.17. The van der Waals surface area contributed by atoms with Crippen LogP contribution in [0.25, 0.3) is 11.3 Å². The van der Waals surface area contributed by atoms with Gasteiger partial charge >= 0.3 is 6.03 Å². The van der Waals surface area contributed by atoms with Gasteiger partial charge in [0.2, 0.25) is 5.91 Å². The SMILES string of the molecule is Cc1ccc(-c2cnc(S[C@H](C)C(=O)N3CCNC3=O)n2C)cc1. The summed E-state index contributed by atoms with van der Waals surface area (Å²) in [6.45, 7) is 4.80. The minimum Gasteiger partial charge on any atom is -0.336 e. The van der Waals surface area contributed by atoms with Gasteiger partial charge in [0.05, 0.1) is 17.1 Å². The second-order valence-corrected chi connectivity index (χ2v) is 7.14. The Morgan fingerprint density at radius 2 is 2.04 bits per heavy atom. The zero-order valence-electron chi connectivity index (χ0n) is 13.9. The van der Waals surface area contributed by atoms with Gasteiger partial charge in [0.15, 0.2) is 5.16 Å². The van der Waals surface area contributed by atoms with Crippen molar-refractivity contribution in [2.75, 3.05) is 13.1 Å². The third-order valence-corrected chi connectivity index (χ3v) is 5.19. The van der Waals surface area contributed by atoms with Crippen molar-refractivity contribution in [2.24, 2.45) is 7.05 Å². The van der Waals surface area contributed by atoms with Crippen LogP contribution in [0.5, 0.6) is 0 Å². The summed E-state index contributed by atoms with van der Waals surface area (Å²) in [6.07, 6.45) is 1.81. The van der Waals surface area contributed by atoms with Crippen LogP contribution >= 0.6 is 11.8 Å². The Morgan fingerprint density at radius 1 is 1.33 bits per heavy atom. The fourth-order valence-corrected chi connectivity index (χ4v) is 3.52. The summed E-state index contributed by atoms with van der Waals surface area (Å²) in [4.78, 5) is 29.7. The molecule has 1 saturated heterocycles. The number of imidazole rings is 1. The first-order valence-electron chi connectivity index (χ1n) is 7.82. The highest BCUT2D eigenvalue weighted by Gasteiger charge is 2.30. The smallest absolute Gasteiger partial charge is 0.324 e. The van der Waals surface area contributed by atoms with E-state index < -0.39 is 0 Å². The van der Waals surface area contributed by atoms with E-state index in [1.165, 1.54) is 22.2 Å². The number of thioether (sulfide) groups is 1. The number of nitrogens with one attached hydrogen (secondary N) is 1. The van der Waals surface area contributed by atoms with Gasteiger partial charge in [-0.25, -0.2) is 9.78 Å². The first-order chi connectivity index (χ1) is 11.5. The van der Waals surface area contributed by atoms with Crippen molar-refractivity contribution in [3.8, 4) is 11.3 Å². The highest BCUT2D eigenvalue weighted by molar-refractivity contribution is 8.00. The Labute approximate surface area is 145 Å².